The first-order valence-electron chi connectivity index (χ1n) is 5.35. The number of ether oxygens (including phenoxy) is 1. The highest BCUT2D eigenvalue weighted by Crippen LogP contribution is 2.27. The van der Waals surface area contributed by atoms with Crippen LogP contribution in [0.15, 0.2) is 18.2 Å². The molecule has 0 radical (unpaired) electrons. The van der Waals surface area contributed by atoms with Crippen LogP contribution in [0.2, 0.25) is 10.3 Å². The van der Waals surface area contributed by atoms with Gasteiger partial charge in [0.2, 0.25) is 11.2 Å². The van der Waals surface area contributed by atoms with E-state index in [0.717, 1.165) is 0 Å². The molecular weight excluding hydrogens is 294 g/mol. The quantitative estimate of drug-likeness (QED) is 0.937. The first-order chi connectivity index (χ1) is 9.10. The zero-order chi connectivity index (χ0) is 13.8. The summed E-state index contributed by atoms with van der Waals surface area (Å²) >= 11 is 11.6. The Morgan fingerprint density at radius 1 is 1.26 bits per heavy atom. The van der Waals surface area contributed by atoms with E-state index >= 15 is 0 Å². The lowest BCUT2D eigenvalue weighted by molar-refractivity contribution is 0.312. The van der Waals surface area contributed by atoms with Crippen LogP contribution in [-0.4, -0.2) is 21.6 Å². The molecule has 0 atom stereocenters. The van der Waals surface area contributed by atoms with Crippen molar-refractivity contribution in [3.63, 3.8) is 0 Å². The van der Waals surface area contributed by atoms with Gasteiger partial charge in [0.1, 0.15) is 5.82 Å². The number of rotatable bonds is 4. The fourth-order valence-electron chi connectivity index (χ4n) is 1.31. The summed E-state index contributed by atoms with van der Waals surface area (Å²) in [6, 6.07) is 4.35. The number of hydrogen-bond donors (Lipinski definition) is 1. The van der Waals surface area contributed by atoms with Gasteiger partial charge in [0, 0.05) is 0 Å². The third kappa shape index (κ3) is 3.42. The summed E-state index contributed by atoms with van der Waals surface area (Å²) in [5.74, 6) is -0.475. The largest absolute Gasteiger partial charge is 0.464 e. The molecule has 0 aliphatic carbocycles. The van der Waals surface area contributed by atoms with Gasteiger partial charge in [-0.1, -0.05) is 17.7 Å². The van der Waals surface area contributed by atoms with Crippen LogP contribution >= 0.6 is 23.2 Å². The number of para-hydroxylation sites is 1. The Labute approximate surface area is 118 Å². The van der Waals surface area contributed by atoms with E-state index in [-0.39, 0.29) is 28.0 Å². The zero-order valence-corrected chi connectivity index (χ0v) is 11.3. The van der Waals surface area contributed by atoms with Gasteiger partial charge in [-0.15, -0.1) is 0 Å². The lowest BCUT2D eigenvalue weighted by atomic mass is 10.3. The van der Waals surface area contributed by atoms with E-state index < -0.39 is 5.82 Å². The molecule has 8 heteroatoms. The highest BCUT2D eigenvalue weighted by Gasteiger charge is 2.11. The first kappa shape index (κ1) is 13.8. The molecule has 0 amide bonds. The molecule has 0 unspecified atom stereocenters. The Morgan fingerprint density at radius 3 is 2.74 bits per heavy atom. The highest BCUT2D eigenvalue weighted by molar-refractivity contribution is 6.33. The van der Waals surface area contributed by atoms with Crippen molar-refractivity contribution >= 4 is 34.8 Å². The van der Waals surface area contributed by atoms with Gasteiger partial charge in [-0.25, -0.2) is 4.39 Å². The molecule has 0 spiro atoms. The molecule has 100 valence electrons. The van der Waals surface area contributed by atoms with Crippen LogP contribution in [0.3, 0.4) is 0 Å². The molecule has 1 heterocycles. The van der Waals surface area contributed by atoms with Gasteiger partial charge in [0.15, 0.2) is 0 Å². The molecule has 1 N–H and O–H groups in total. The van der Waals surface area contributed by atoms with Crippen molar-refractivity contribution < 1.29 is 9.13 Å². The molecule has 0 aliphatic rings. The minimum Gasteiger partial charge on any atom is -0.464 e. The lowest BCUT2D eigenvalue weighted by Gasteiger charge is -2.09. The average molecular weight is 303 g/mol. The van der Waals surface area contributed by atoms with E-state index in [9.17, 15) is 4.39 Å². The van der Waals surface area contributed by atoms with Crippen LogP contribution in [0.1, 0.15) is 6.92 Å². The van der Waals surface area contributed by atoms with Gasteiger partial charge in [-0.05, 0) is 30.7 Å². The molecule has 2 aromatic rings. The van der Waals surface area contributed by atoms with E-state index in [4.69, 9.17) is 27.9 Å². The number of benzene rings is 1. The number of anilines is 2. The Hall–Kier alpha value is -1.66. The van der Waals surface area contributed by atoms with Gasteiger partial charge in [0.25, 0.3) is 0 Å². The van der Waals surface area contributed by atoms with Gasteiger partial charge < -0.3 is 10.1 Å². The number of nitrogens with zero attached hydrogens (tertiary/aromatic N) is 3. The maximum absolute atomic E-state index is 13.6. The van der Waals surface area contributed by atoms with E-state index in [1.54, 1.807) is 13.0 Å². The maximum atomic E-state index is 13.6. The molecule has 0 bridgehead atoms. The predicted octanol–water partition coefficient (Wildman–Crippen LogP) is 3.46. The van der Waals surface area contributed by atoms with E-state index in [1.807, 2.05) is 0 Å². The summed E-state index contributed by atoms with van der Waals surface area (Å²) in [4.78, 5) is 11.5. The van der Waals surface area contributed by atoms with Crippen molar-refractivity contribution in [2.45, 2.75) is 6.92 Å². The predicted molar refractivity (Wildman–Crippen MR) is 70.7 cm³/mol. The van der Waals surface area contributed by atoms with Gasteiger partial charge in [0.05, 0.1) is 17.3 Å². The molecule has 19 heavy (non-hydrogen) atoms. The number of halogens is 3. The Balaban J connectivity index is 2.33. The van der Waals surface area contributed by atoms with Crippen LogP contribution in [0.25, 0.3) is 0 Å². The summed E-state index contributed by atoms with van der Waals surface area (Å²) in [5.41, 5.74) is 0.0638. The van der Waals surface area contributed by atoms with Crippen LogP contribution in [-0.2, 0) is 0 Å². The van der Waals surface area contributed by atoms with Crippen molar-refractivity contribution in [1.29, 1.82) is 0 Å². The van der Waals surface area contributed by atoms with Gasteiger partial charge in [-0.2, -0.15) is 15.0 Å². The van der Waals surface area contributed by atoms with E-state index in [0.29, 0.717) is 6.61 Å². The number of nitrogens with one attached hydrogen (secondary N) is 1. The second-order valence-corrected chi connectivity index (χ2v) is 4.11. The smallest absolute Gasteiger partial charge is 0.322 e. The summed E-state index contributed by atoms with van der Waals surface area (Å²) < 4.78 is 18.7. The summed E-state index contributed by atoms with van der Waals surface area (Å²) in [7, 11) is 0. The Bertz CT molecular complexity index is 577. The topological polar surface area (TPSA) is 59.9 Å². The van der Waals surface area contributed by atoms with E-state index in [2.05, 4.69) is 20.3 Å². The summed E-state index contributed by atoms with van der Waals surface area (Å²) in [5, 5.41) is 2.79. The van der Waals surface area contributed by atoms with Crippen LogP contribution in [0, 0.1) is 5.82 Å². The minimum absolute atomic E-state index is 0.0513. The first-order valence-corrected chi connectivity index (χ1v) is 6.11. The molecular formula is C11H9Cl2FN4O. The zero-order valence-electron chi connectivity index (χ0n) is 9.82. The highest BCUT2D eigenvalue weighted by atomic mass is 35.5. The Kier molecular flexibility index (Phi) is 4.34. The van der Waals surface area contributed by atoms with E-state index in [1.165, 1.54) is 12.1 Å². The standard InChI is InChI=1S/C11H9Cl2FN4O/c1-2-19-11-17-9(13)16-10(18-11)15-8-6(12)4-3-5-7(8)14/h3-5H,2H2,1H3,(H,15,16,17,18). The maximum Gasteiger partial charge on any atom is 0.322 e. The molecule has 5 nitrogen and oxygen atoms in total. The van der Waals surface area contributed by atoms with Crippen molar-refractivity contribution in [2.75, 3.05) is 11.9 Å². The molecule has 0 fully saturated rings. The second kappa shape index (κ2) is 5.99. The van der Waals surface area contributed by atoms with Crippen LogP contribution < -0.4 is 10.1 Å². The number of hydrogen-bond acceptors (Lipinski definition) is 5. The third-order valence-corrected chi connectivity index (χ3v) is 2.54. The van der Waals surface area contributed by atoms with Crippen molar-refractivity contribution in [2.24, 2.45) is 0 Å². The van der Waals surface area contributed by atoms with Crippen molar-refractivity contribution in [1.82, 2.24) is 15.0 Å². The normalized spacial score (nSPS) is 10.3. The molecule has 0 saturated heterocycles. The van der Waals surface area contributed by atoms with Gasteiger partial charge in [-0.3, -0.25) is 0 Å². The van der Waals surface area contributed by atoms with Crippen LogP contribution in [0.4, 0.5) is 16.0 Å². The monoisotopic (exact) mass is 302 g/mol. The second-order valence-electron chi connectivity index (χ2n) is 3.37. The van der Waals surface area contributed by atoms with Crippen LogP contribution in [0.5, 0.6) is 6.01 Å². The van der Waals surface area contributed by atoms with Crippen molar-refractivity contribution in [3.8, 4) is 6.01 Å². The molecule has 0 aliphatic heterocycles. The SMILES string of the molecule is CCOc1nc(Cl)nc(Nc2c(F)cccc2Cl)n1. The average Bonchev–Trinajstić information content (AvgIpc) is 2.34. The molecule has 2 rings (SSSR count). The molecule has 1 aromatic heterocycles. The van der Waals surface area contributed by atoms with Gasteiger partial charge >= 0.3 is 6.01 Å². The Morgan fingerprint density at radius 2 is 2.05 bits per heavy atom. The van der Waals surface area contributed by atoms with Crippen molar-refractivity contribution in [3.05, 3.63) is 34.3 Å². The third-order valence-electron chi connectivity index (χ3n) is 2.06. The fraction of sp³-hybridized carbons (Fsp3) is 0.182. The summed E-state index contributed by atoms with van der Waals surface area (Å²) in [6.45, 7) is 2.15. The molecule has 1 aromatic carbocycles. The molecule has 0 saturated carbocycles. The summed E-state index contributed by atoms with van der Waals surface area (Å²) in [6.07, 6.45) is 0. The minimum atomic E-state index is -0.526. The lowest BCUT2D eigenvalue weighted by Crippen LogP contribution is -2.05. The number of aromatic nitrogens is 3. The fourth-order valence-corrected chi connectivity index (χ4v) is 1.67.